The number of amides is 1. The van der Waals surface area contributed by atoms with Gasteiger partial charge in [0.25, 0.3) is 0 Å². The number of carbonyl (C=O) groups is 2. The molecule has 0 radical (unpaired) electrons. The molecule has 146 valence electrons. The number of hydrogen-bond donors (Lipinski definition) is 2. The molecule has 3 N–H and O–H groups in total. The number of rotatable bonds is 6. The lowest BCUT2D eigenvalue weighted by molar-refractivity contribution is -0.113. The zero-order valence-corrected chi connectivity index (χ0v) is 17.0. The van der Waals surface area contributed by atoms with Crippen LogP contribution in [-0.2, 0) is 14.9 Å². The number of thioether (sulfide) groups is 1. The third kappa shape index (κ3) is 5.72. The van der Waals surface area contributed by atoms with Gasteiger partial charge < -0.3 is 15.9 Å². The number of aromatic nitrogens is 3. The molecule has 1 amide bonds. The molecule has 0 saturated carbocycles. The van der Waals surface area contributed by atoms with Crippen molar-refractivity contribution >= 4 is 29.3 Å². The van der Waals surface area contributed by atoms with Gasteiger partial charge in [-0.3, -0.25) is 4.79 Å². The molecule has 0 atom stereocenters. The molecular formula is C18H25N5O3S. The summed E-state index contributed by atoms with van der Waals surface area (Å²) in [6, 6.07) is 6.53. The first-order chi connectivity index (χ1) is 12.6. The number of ether oxygens (including phenoxy) is 1. The Kier molecular flexibility index (Phi) is 6.48. The van der Waals surface area contributed by atoms with E-state index in [2.05, 4.69) is 15.5 Å². The molecule has 0 bridgehead atoms. The highest BCUT2D eigenvalue weighted by Crippen LogP contribution is 2.23. The van der Waals surface area contributed by atoms with Crippen molar-refractivity contribution in [3.8, 4) is 0 Å². The minimum Gasteiger partial charge on any atom is -0.459 e. The molecule has 2 aromatic rings. The number of hydrogen-bond acceptors (Lipinski definition) is 7. The van der Waals surface area contributed by atoms with E-state index in [0.29, 0.717) is 22.2 Å². The van der Waals surface area contributed by atoms with E-state index >= 15 is 0 Å². The molecule has 0 spiro atoms. The second-order valence-corrected chi connectivity index (χ2v) is 8.24. The average molecular weight is 391 g/mol. The van der Waals surface area contributed by atoms with Crippen molar-refractivity contribution in [1.29, 1.82) is 0 Å². The van der Waals surface area contributed by atoms with Crippen molar-refractivity contribution in [2.45, 2.75) is 51.3 Å². The lowest BCUT2D eigenvalue weighted by Crippen LogP contribution is -2.24. The zero-order chi connectivity index (χ0) is 20.2. The molecule has 0 aliphatic heterocycles. The number of nitrogens with two attached hydrogens (primary N) is 1. The summed E-state index contributed by atoms with van der Waals surface area (Å²) in [7, 11) is 0. The van der Waals surface area contributed by atoms with Gasteiger partial charge in [0.1, 0.15) is 0 Å². The third-order valence-electron chi connectivity index (χ3n) is 3.41. The highest BCUT2D eigenvalue weighted by molar-refractivity contribution is 7.99. The molecule has 9 heteroatoms. The number of esters is 1. The summed E-state index contributed by atoms with van der Waals surface area (Å²) in [5.74, 6) is 6.18. The minimum atomic E-state index is -0.393. The van der Waals surface area contributed by atoms with Gasteiger partial charge >= 0.3 is 5.97 Å². The normalized spacial score (nSPS) is 11.5. The first-order valence-corrected chi connectivity index (χ1v) is 9.51. The average Bonchev–Trinajstić information content (AvgIpc) is 2.94. The molecule has 1 aromatic heterocycles. The van der Waals surface area contributed by atoms with Crippen molar-refractivity contribution in [3.05, 3.63) is 35.7 Å². The molecule has 0 fully saturated rings. The van der Waals surface area contributed by atoms with Crippen LogP contribution in [0.1, 0.15) is 50.8 Å². The van der Waals surface area contributed by atoms with E-state index in [9.17, 15) is 9.59 Å². The smallest absolute Gasteiger partial charge is 0.338 e. The van der Waals surface area contributed by atoms with Crippen LogP contribution in [0.2, 0.25) is 0 Å². The van der Waals surface area contributed by atoms with Crippen molar-refractivity contribution in [1.82, 2.24) is 14.9 Å². The quantitative estimate of drug-likeness (QED) is 0.442. The molecular weight excluding hydrogens is 366 g/mol. The second kappa shape index (κ2) is 8.43. The van der Waals surface area contributed by atoms with Crippen LogP contribution in [0.4, 0.5) is 5.69 Å². The lowest BCUT2D eigenvalue weighted by Gasteiger charge is -2.16. The predicted octanol–water partition coefficient (Wildman–Crippen LogP) is 2.59. The number of anilines is 1. The maximum absolute atomic E-state index is 12.1. The van der Waals surface area contributed by atoms with E-state index in [1.807, 2.05) is 20.8 Å². The lowest BCUT2D eigenvalue weighted by atomic mass is 9.96. The van der Waals surface area contributed by atoms with Crippen LogP contribution >= 0.6 is 11.8 Å². The first kappa shape index (κ1) is 20.8. The van der Waals surface area contributed by atoms with Crippen LogP contribution in [0, 0.1) is 0 Å². The fourth-order valence-corrected chi connectivity index (χ4v) is 2.84. The summed E-state index contributed by atoms with van der Waals surface area (Å²) >= 11 is 1.20. The summed E-state index contributed by atoms with van der Waals surface area (Å²) in [5, 5.41) is 11.4. The molecule has 0 aliphatic rings. The molecule has 0 unspecified atom stereocenters. The molecule has 1 aromatic carbocycles. The van der Waals surface area contributed by atoms with Gasteiger partial charge in [0, 0.05) is 11.1 Å². The fraction of sp³-hybridized carbons (Fsp3) is 0.444. The van der Waals surface area contributed by atoms with Gasteiger partial charge in [-0.2, -0.15) is 0 Å². The van der Waals surface area contributed by atoms with E-state index < -0.39 is 5.97 Å². The minimum absolute atomic E-state index is 0.136. The Labute approximate surface area is 162 Å². The van der Waals surface area contributed by atoms with Gasteiger partial charge in [0.05, 0.1) is 17.4 Å². The highest BCUT2D eigenvalue weighted by atomic mass is 32.2. The number of nitrogens with zero attached hydrogens (tertiary/aromatic N) is 3. The summed E-state index contributed by atoms with van der Waals surface area (Å²) in [5.41, 5.74) is 0.787. The van der Waals surface area contributed by atoms with Crippen molar-refractivity contribution in [2.75, 3.05) is 16.9 Å². The zero-order valence-electron chi connectivity index (χ0n) is 16.1. The number of nitrogen functional groups attached to an aromatic ring is 1. The highest BCUT2D eigenvalue weighted by Gasteiger charge is 2.23. The summed E-state index contributed by atoms with van der Waals surface area (Å²) < 4.78 is 6.53. The first-order valence-electron chi connectivity index (χ1n) is 8.52. The van der Waals surface area contributed by atoms with Crippen molar-refractivity contribution in [2.24, 2.45) is 0 Å². The van der Waals surface area contributed by atoms with Gasteiger partial charge in [0.2, 0.25) is 11.1 Å². The monoisotopic (exact) mass is 391 g/mol. The van der Waals surface area contributed by atoms with Crippen molar-refractivity contribution < 1.29 is 14.3 Å². The Morgan fingerprint density at radius 1 is 1.22 bits per heavy atom. The maximum atomic E-state index is 12.1. The largest absolute Gasteiger partial charge is 0.459 e. The van der Waals surface area contributed by atoms with Crippen LogP contribution in [0.3, 0.4) is 0 Å². The van der Waals surface area contributed by atoms with Crippen LogP contribution in [0.15, 0.2) is 29.4 Å². The summed E-state index contributed by atoms with van der Waals surface area (Å²) in [6.45, 7) is 9.54. The Hall–Kier alpha value is -2.55. The van der Waals surface area contributed by atoms with Crippen LogP contribution in [-0.4, -0.2) is 38.6 Å². The molecule has 8 nitrogen and oxygen atoms in total. The van der Waals surface area contributed by atoms with Gasteiger partial charge in [-0.1, -0.05) is 32.5 Å². The van der Waals surface area contributed by atoms with Gasteiger partial charge in [0.15, 0.2) is 5.82 Å². The van der Waals surface area contributed by atoms with Gasteiger partial charge in [-0.25, -0.2) is 9.47 Å². The fourth-order valence-electron chi connectivity index (χ4n) is 2.19. The van der Waals surface area contributed by atoms with E-state index in [1.54, 1.807) is 38.1 Å². The maximum Gasteiger partial charge on any atom is 0.338 e. The standard InChI is InChI=1S/C18H25N5O3S/c1-11(2)26-15(25)12-6-8-13(9-7-12)20-14(24)10-27-17-22-21-16(23(17)19)18(3,4)5/h6-9,11H,10,19H2,1-5H3,(H,20,24). The molecule has 0 aliphatic carbocycles. The predicted molar refractivity (Wildman–Crippen MR) is 105 cm³/mol. The Bertz CT molecular complexity index is 809. The molecule has 27 heavy (non-hydrogen) atoms. The Morgan fingerprint density at radius 3 is 2.37 bits per heavy atom. The molecule has 0 saturated heterocycles. The van der Waals surface area contributed by atoms with Crippen LogP contribution in [0.25, 0.3) is 0 Å². The summed E-state index contributed by atoms with van der Waals surface area (Å²) in [6.07, 6.45) is -0.183. The topological polar surface area (TPSA) is 112 Å². The molecule has 2 rings (SSSR count). The van der Waals surface area contributed by atoms with Crippen molar-refractivity contribution in [3.63, 3.8) is 0 Å². The molecule has 1 heterocycles. The summed E-state index contributed by atoms with van der Waals surface area (Å²) in [4.78, 5) is 24.0. The van der Waals surface area contributed by atoms with Gasteiger partial charge in [-0.05, 0) is 38.1 Å². The van der Waals surface area contributed by atoms with E-state index in [4.69, 9.17) is 10.6 Å². The van der Waals surface area contributed by atoms with E-state index in [-0.39, 0.29) is 23.2 Å². The third-order valence-corrected chi connectivity index (χ3v) is 4.36. The van der Waals surface area contributed by atoms with Crippen LogP contribution < -0.4 is 11.2 Å². The van der Waals surface area contributed by atoms with E-state index in [1.165, 1.54) is 16.4 Å². The number of benzene rings is 1. The number of nitrogens with one attached hydrogen (secondary N) is 1. The second-order valence-electron chi connectivity index (χ2n) is 7.29. The van der Waals surface area contributed by atoms with Crippen LogP contribution in [0.5, 0.6) is 0 Å². The number of carbonyl (C=O) groups excluding carboxylic acids is 2. The SMILES string of the molecule is CC(C)OC(=O)c1ccc(NC(=O)CSc2nnc(C(C)(C)C)n2N)cc1. The van der Waals surface area contributed by atoms with Gasteiger partial charge in [-0.15, -0.1) is 10.2 Å². The Morgan fingerprint density at radius 2 is 1.85 bits per heavy atom. The van der Waals surface area contributed by atoms with E-state index in [0.717, 1.165) is 0 Å². The Balaban J connectivity index is 1.91.